The van der Waals surface area contributed by atoms with Crippen LogP contribution in [0.25, 0.3) is 0 Å². The summed E-state index contributed by atoms with van der Waals surface area (Å²) >= 11 is 0. The van der Waals surface area contributed by atoms with Crippen LogP contribution in [0.4, 0.5) is 5.69 Å². The molecule has 0 radical (unpaired) electrons. The number of benzene rings is 1. The zero-order chi connectivity index (χ0) is 14.5. The SMILES string of the molecule is CCC(C)COc1ccc(N2CCC(N)CC2)cc1C. The summed E-state index contributed by atoms with van der Waals surface area (Å²) in [6.45, 7) is 9.48. The van der Waals surface area contributed by atoms with Gasteiger partial charge in [-0.25, -0.2) is 0 Å². The summed E-state index contributed by atoms with van der Waals surface area (Å²) in [5, 5.41) is 0. The minimum absolute atomic E-state index is 0.380. The third kappa shape index (κ3) is 3.89. The Kier molecular flexibility index (Phi) is 5.30. The molecule has 0 spiro atoms. The zero-order valence-electron chi connectivity index (χ0n) is 13.1. The Balaban J connectivity index is 1.98. The molecule has 1 fully saturated rings. The molecule has 20 heavy (non-hydrogen) atoms. The summed E-state index contributed by atoms with van der Waals surface area (Å²) in [5.74, 6) is 1.63. The predicted octanol–water partition coefficient (Wildman–Crippen LogP) is 3.35. The third-order valence-corrected chi connectivity index (χ3v) is 4.28. The van der Waals surface area contributed by atoms with Crippen molar-refractivity contribution in [1.29, 1.82) is 0 Å². The van der Waals surface area contributed by atoms with Crippen LogP contribution in [0.5, 0.6) is 5.75 Å². The molecule has 1 unspecified atom stereocenters. The van der Waals surface area contributed by atoms with Crippen LogP contribution in [0.1, 0.15) is 38.7 Å². The van der Waals surface area contributed by atoms with E-state index in [9.17, 15) is 0 Å². The lowest BCUT2D eigenvalue weighted by molar-refractivity contribution is 0.255. The fourth-order valence-electron chi connectivity index (χ4n) is 2.50. The Morgan fingerprint density at radius 3 is 2.65 bits per heavy atom. The molecule has 112 valence electrons. The molecule has 3 heteroatoms. The number of anilines is 1. The molecule has 0 saturated carbocycles. The van der Waals surface area contributed by atoms with Gasteiger partial charge in [-0.05, 0) is 49.4 Å². The first-order valence-corrected chi connectivity index (χ1v) is 7.84. The van der Waals surface area contributed by atoms with Crippen LogP contribution in [-0.4, -0.2) is 25.7 Å². The molecule has 1 aliphatic rings. The molecule has 1 saturated heterocycles. The number of rotatable bonds is 5. The highest BCUT2D eigenvalue weighted by molar-refractivity contribution is 5.53. The van der Waals surface area contributed by atoms with Gasteiger partial charge in [0.15, 0.2) is 0 Å². The van der Waals surface area contributed by atoms with E-state index in [2.05, 4.69) is 43.9 Å². The fourth-order valence-corrected chi connectivity index (χ4v) is 2.50. The minimum atomic E-state index is 0.380. The second kappa shape index (κ2) is 6.98. The van der Waals surface area contributed by atoms with E-state index in [1.54, 1.807) is 0 Å². The van der Waals surface area contributed by atoms with Gasteiger partial charge in [0.25, 0.3) is 0 Å². The summed E-state index contributed by atoms with van der Waals surface area (Å²) in [5.41, 5.74) is 8.48. The second-order valence-electron chi connectivity index (χ2n) is 6.10. The van der Waals surface area contributed by atoms with Crippen LogP contribution in [0.3, 0.4) is 0 Å². The van der Waals surface area contributed by atoms with Crippen LogP contribution in [0, 0.1) is 12.8 Å². The highest BCUT2D eigenvalue weighted by Crippen LogP contribution is 2.26. The van der Waals surface area contributed by atoms with Crippen molar-refractivity contribution in [1.82, 2.24) is 0 Å². The van der Waals surface area contributed by atoms with E-state index in [0.717, 1.165) is 44.7 Å². The quantitative estimate of drug-likeness (QED) is 0.896. The Labute approximate surface area is 123 Å². The van der Waals surface area contributed by atoms with Gasteiger partial charge in [0, 0.05) is 24.8 Å². The number of piperidine rings is 1. The van der Waals surface area contributed by atoms with Gasteiger partial charge in [0.2, 0.25) is 0 Å². The Morgan fingerprint density at radius 2 is 2.05 bits per heavy atom. The molecular weight excluding hydrogens is 248 g/mol. The fraction of sp³-hybridized carbons (Fsp3) is 0.647. The first-order chi connectivity index (χ1) is 9.60. The summed E-state index contributed by atoms with van der Waals surface area (Å²) in [6, 6.07) is 6.91. The van der Waals surface area contributed by atoms with Crippen LogP contribution in [0.2, 0.25) is 0 Å². The predicted molar refractivity (Wildman–Crippen MR) is 85.6 cm³/mol. The average molecular weight is 276 g/mol. The van der Waals surface area contributed by atoms with Gasteiger partial charge in [-0.2, -0.15) is 0 Å². The molecule has 1 aromatic rings. The van der Waals surface area contributed by atoms with Crippen molar-refractivity contribution < 1.29 is 4.74 Å². The summed E-state index contributed by atoms with van der Waals surface area (Å²) in [7, 11) is 0. The molecule has 3 nitrogen and oxygen atoms in total. The number of nitrogens with zero attached hydrogens (tertiary/aromatic N) is 1. The van der Waals surface area contributed by atoms with E-state index in [4.69, 9.17) is 10.5 Å². The van der Waals surface area contributed by atoms with Gasteiger partial charge in [0.1, 0.15) is 5.75 Å². The van der Waals surface area contributed by atoms with Gasteiger partial charge >= 0.3 is 0 Å². The van der Waals surface area contributed by atoms with Crippen LogP contribution >= 0.6 is 0 Å². The standard InChI is InChI=1S/C17H28N2O/c1-4-13(2)12-20-17-6-5-16(11-14(17)3)19-9-7-15(18)8-10-19/h5-6,11,13,15H,4,7-10,12,18H2,1-3H3. The van der Waals surface area contributed by atoms with E-state index in [0.29, 0.717) is 12.0 Å². The van der Waals surface area contributed by atoms with Crippen molar-refractivity contribution in [2.24, 2.45) is 11.7 Å². The maximum Gasteiger partial charge on any atom is 0.122 e. The van der Waals surface area contributed by atoms with Crippen LogP contribution < -0.4 is 15.4 Å². The van der Waals surface area contributed by atoms with E-state index in [-0.39, 0.29) is 0 Å². The Bertz CT molecular complexity index is 425. The van der Waals surface area contributed by atoms with Crippen LogP contribution in [0.15, 0.2) is 18.2 Å². The van der Waals surface area contributed by atoms with Crippen LogP contribution in [-0.2, 0) is 0 Å². The summed E-state index contributed by atoms with van der Waals surface area (Å²) in [4.78, 5) is 2.43. The largest absolute Gasteiger partial charge is 0.493 e. The van der Waals surface area contributed by atoms with Gasteiger partial charge in [-0.3, -0.25) is 0 Å². The lowest BCUT2D eigenvalue weighted by Gasteiger charge is -2.32. The monoisotopic (exact) mass is 276 g/mol. The third-order valence-electron chi connectivity index (χ3n) is 4.28. The van der Waals surface area contributed by atoms with Crippen molar-refractivity contribution in [3.8, 4) is 5.75 Å². The maximum absolute atomic E-state index is 5.96. The molecule has 1 atom stereocenters. The first-order valence-electron chi connectivity index (χ1n) is 7.84. The lowest BCUT2D eigenvalue weighted by atomic mass is 10.0. The molecule has 1 heterocycles. The van der Waals surface area contributed by atoms with E-state index < -0.39 is 0 Å². The number of hydrogen-bond donors (Lipinski definition) is 1. The molecule has 0 amide bonds. The maximum atomic E-state index is 5.96. The van der Waals surface area contributed by atoms with Crippen molar-refractivity contribution >= 4 is 5.69 Å². The molecule has 1 aromatic carbocycles. The lowest BCUT2D eigenvalue weighted by Crippen LogP contribution is -2.39. The Hall–Kier alpha value is -1.22. The van der Waals surface area contributed by atoms with Gasteiger partial charge < -0.3 is 15.4 Å². The molecule has 0 aliphatic carbocycles. The number of nitrogens with two attached hydrogens (primary N) is 1. The summed E-state index contributed by atoms with van der Waals surface area (Å²) in [6.07, 6.45) is 3.34. The highest BCUT2D eigenvalue weighted by atomic mass is 16.5. The van der Waals surface area contributed by atoms with E-state index >= 15 is 0 Å². The first kappa shape index (κ1) is 15.2. The number of hydrogen-bond acceptors (Lipinski definition) is 3. The zero-order valence-corrected chi connectivity index (χ0v) is 13.1. The van der Waals surface area contributed by atoms with Gasteiger partial charge in [-0.15, -0.1) is 0 Å². The van der Waals surface area contributed by atoms with E-state index in [1.165, 1.54) is 11.3 Å². The molecule has 0 aromatic heterocycles. The van der Waals surface area contributed by atoms with Crippen molar-refractivity contribution in [2.45, 2.75) is 46.1 Å². The molecule has 0 bridgehead atoms. The number of ether oxygens (including phenoxy) is 1. The second-order valence-corrected chi connectivity index (χ2v) is 6.10. The minimum Gasteiger partial charge on any atom is -0.493 e. The topological polar surface area (TPSA) is 38.5 Å². The van der Waals surface area contributed by atoms with Gasteiger partial charge in [-0.1, -0.05) is 20.3 Å². The van der Waals surface area contributed by atoms with E-state index in [1.807, 2.05) is 0 Å². The molecule has 1 aliphatic heterocycles. The molecular formula is C17H28N2O. The highest BCUT2D eigenvalue weighted by Gasteiger charge is 2.17. The normalized spacial score (nSPS) is 18.1. The summed E-state index contributed by atoms with van der Waals surface area (Å²) < 4.78 is 5.91. The Morgan fingerprint density at radius 1 is 1.35 bits per heavy atom. The van der Waals surface area contributed by atoms with Crippen molar-refractivity contribution in [2.75, 3.05) is 24.6 Å². The smallest absolute Gasteiger partial charge is 0.122 e. The van der Waals surface area contributed by atoms with Gasteiger partial charge in [0.05, 0.1) is 6.61 Å². The van der Waals surface area contributed by atoms with Crippen molar-refractivity contribution in [3.05, 3.63) is 23.8 Å². The average Bonchev–Trinajstić information content (AvgIpc) is 2.46. The molecule has 2 N–H and O–H groups in total. The van der Waals surface area contributed by atoms with Crippen molar-refractivity contribution in [3.63, 3.8) is 0 Å². The molecule has 2 rings (SSSR count). The number of aryl methyl sites for hydroxylation is 1.